The molecule has 0 aliphatic rings. The van der Waals surface area contributed by atoms with Crippen LogP contribution in [0.25, 0.3) is 0 Å². The summed E-state index contributed by atoms with van der Waals surface area (Å²) < 4.78 is 19.2. The Bertz CT molecular complexity index is 801. The standard InChI is InChI=1S/C16H11BrCl2FNO3/c1-8(15(22)21-14-7-10(18)3-5-12(14)19)24-16(23)11-4-2-9(17)6-13(11)20/h2-8H,1H3,(H,21,22). The Morgan fingerprint density at radius 3 is 2.58 bits per heavy atom. The molecule has 0 heterocycles. The van der Waals surface area contributed by atoms with E-state index in [0.29, 0.717) is 9.50 Å². The van der Waals surface area contributed by atoms with Crippen molar-refractivity contribution in [2.24, 2.45) is 0 Å². The molecule has 4 nitrogen and oxygen atoms in total. The molecule has 0 spiro atoms. The number of amides is 1. The van der Waals surface area contributed by atoms with Gasteiger partial charge in [0.15, 0.2) is 6.10 Å². The van der Waals surface area contributed by atoms with Gasteiger partial charge >= 0.3 is 5.97 Å². The molecule has 0 aromatic heterocycles. The fourth-order valence-corrected chi connectivity index (χ4v) is 2.43. The molecule has 0 aliphatic carbocycles. The number of hydrogen-bond acceptors (Lipinski definition) is 3. The number of anilines is 1. The van der Waals surface area contributed by atoms with Gasteiger partial charge < -0.3 is 10.1 Å². The number of halogens is 4. The molecule has 1 atom stereocenters. The second kappa shape index (κ2) is 7.96. The van der Waals surface area contributed by atoms with Crippen LogP contribution in [0, 0.1) is 5.82 Å². The zero-order valence-corrected chi connectivity index (χ0v) is 15.4. The van der Waals surface area contributed by atoms with Gasteiger partial charge in [-0.3, -0.25) is 4.79 Å². The summed E-state index contributed by atoms with van der Waals surface area (Å²) in [5.41, 5.74) is 0.0190. The number of carbonyl (C=O) groups excluding carboxylic acids is 2. The lowest BCUT2D eigenvalue weighted by Crippen LogP contribution is -2.30. The first-order valence-corrected chi connectivity index (χ1v) is 8.25. The lowest BCUT2D eigenvalue weighted by atomic mass is 10.2. The van der Waals surface area contributed by atoms with Gasteiger partial charge in [0.25, 0.3) is 5.91 Å². The molecule has 126 valence electrons. The molecule has 1 amide bonds. The van der Waals surface area contributed by atoms with Crippen LogP contribution < -0.4 is 5.32 Å². The first kappa shape index (κ1) is 18.7. The monoisotopic (exact) mass is 433 g/mol. The van der Waals surface area contributed by atoms with E-state index in [1.807, 2.05) is 0 Å². The highest BCUT2D eigenvalue weighted by molar-refractivity contribution is 9.10. The maximum Gasteiger partial charge on any atom is 0.341 e. The molecule has 0 radical (unpaired) electrons. The van der Waals surface area contributed by atoms with E-state index in [-0.39, 0.29) is 16.3 Å². The first-order valence-electron chi connectivity index (χ1n) is 6.70. The van der Waals surface area contributed by atoms with Crippen molar-refractivity contribution in [2.75, 3.05) is 5.32 Å². The summed E-state index contributed by atoms with van der Waals surface area (Å²) in [5.74, 6) is -2.32. The Morgan fingerprint density at radius 1 is 1.21 bits per heavy atom. The van der Waals surface area contributed by atoms with Gasteiger partial charge in [-0.15, -0.1) is 0 Å². The molecule has 2 aromatic carbocycles. The molecule has 0 saturated carbocycles. The second-order valence-corrected chi connectivity index (χ2v) is 6.54. The van der Waals surface area contributed by atoms with Gasteiger partial charge in [0.05, 0.1) is 16.3 Å². The minimum absolute atomic E-state index is 0.265. The van der Waals surface area contributed by atoms with Crippen molar-refractivity contribution < 1.29 is 18.7 Å². The molecule has 1 N–H and O–H groups in total. The maximum absolute atomic E-state index is 13.7. The molecule has 24 heavy (non-hydrogen) atoms. The summed E-state index contributed by atoms with van der Waals surface area (Å²) in [7, 11) is 0. The number of carbonyl (C=O) groups is 2. The summed E-state index contributed by atoms with van der Waals surface area (Å²) >= 11 is 14.9. The fourth-order valence-electron chi connectivity index (χ4n) is 1.76. The number of nitrogens with one attached hydrogen (secondary N) is 1. The van der Waals surface area contributed by atoms with Crippen molar-refractivity contribution in [3.05, 3.63) is 62.3 Å². The van der Waals surface area contributed by atoms with Crippen LogP contribution in [0.4, 0.5) is 10.1 Å². The third-order valence-electron chi connectivity index (χ3n) is 2.99. The largest absolute Gasteiger partial charge is 0.449 e. The topological polar surface area (TPSA) is 55.4 Å². The Kier molecular flexibility index (Phi) is 6.21. The van der Waals surface area contributed by atoms with Gasteiger partial charge in [0, 0.05) is 9.50 Å². The number of esters is 1. The van der Waals surface area contributed by atoms with Crippen LogP contribution in [0.3, 0.4) is 0 Å². The van der Waals surface area contributed by atoms with Crippen LogP contribution in [0.1, 0.15) is 17.3 Å². The minimum atomic E-state index is -1.16. The summed E-state index contributed by atoms with van der Waals surface area (Å²) in [6.07, 6.45) is -1.16. The summed E-state index contributed by atoms with van der Waals surface area (Å²) in [6, 6.07) is 8.45. The third-order valence-corrected chi connectivity index (χ3v) is 4.05. The van der Waals surface area contributed by atoms with Crippen LogP contribution in [0.5, 0.6) is 0 Å². The van der Waals surface area contributed by atoms with Gasteiger partial charge in [-0.05, 0) is 43.3 Å². The van der Waals surface area contributed by atoms with Crippen LogP contribution in [-0.2, 0) is 9.53 Å². The van der Waals surface area contributed by atoms with Crippen LogP contribution in [-0.4, -0.2) is 18.0 Å². The third kappa shape index (κ3) is 4.69. The van der Waals surface area contributed by atoms with Crippen LogP contribution >= 0.6 is 39.1 Å². The quantitative estimate of drug-likeness (QED) is 0.682. The molecular formula is C16H11BrCl2FNO3. The lowest BCUT2D eigenvalue weighted by Gasteiger charge is -2.14. The van der Waals surface area contributed by atoms with Crippen molar-refractivity contribution in [3.63, 3.8) is 0 Å². The van der Waals surface area contributed by atoms with E-state index < -0.39 is 23.8 Å². The van der Waals surface area contributed by atoms with Gasteiger partial charge in [-0.2, -0.15) is 0 Å². The normalized spacial score (nSPS) is 11.7. The number of benzene rings is 2. The molecule has 8 heteroatoms. The van der Waals surface area contributed by atoms with E-state index in [1.165, 1.54) is 31.2 Å². The molecular weight excluding hydrogens is 424 g/mol. The predicted molar refractivity (Wildman–Crippen MR) is 94.1 cm³/mol. The van der Waals surface area contributed by atoms with Crippen molar-refractivity contribution in [1.82, 2.24) is 0 Å². The Morgan fingerprint density at radius 2 is 1.92 bits per heavy atom. The van der Waals surface area contributed by atoms with Crippen LogP contribution in [0.2, 0.25) is 10.0 Å². The average Bonchev–Trinajstić information content (AvgIpc) is 2.50. The van der Waals surface area contributed by atoms with E-state index in [0.717, 1.165) is 6.07 Å². The van der Waals surface area contributed by atoms with E-state index >= 15 is 0 Å². The number of rotatable bonds is 4. The minimum Gasteiger partial charge on any atom is -0.449 e. The lowest BCUT2D eigenvalue weighted by molar-refractivity contribution is -0.123. The highest BCUT2D eigenvalue weighted by atomic mass is 79.9. The van der Waals surface area contributed by atoms with Gasteiger partial charge in [-0.25, -0.2) is 9.18 Å². The fraction of sp³-hybridized carbons (Fsp3) is 0.125. The number of ether oxygens (including phenoxy) is 1. The van der Waals surface area contributed by atoms with E-state index in [4.69, 9.17) is 27.9 Å². The smallest absolute Gasteiger partial charge is 0.341 e. The van der Waals surface area contributed by atoms with Crippen LogP contribution in [0.15, 0.2) is 40.9 Å². The Balaban J connectivity index is 2.05. The average molecular weight is 435 g/mol. The zero-order chi connectivity index (χ0) is 17.9. The van der Waals surface area contributed by atoms with E-state index in [9.17, 15) is 14.0 Å². The van der Waals surface area contributed by atoms with E-state index in [2.05, 4.69) is 21.2 Å². The molecule has 2 rings (SSSR count). The highest BCUT2D eigenvalue weighted by Gasteiger charge is 2.22. The van der Waals surface area contributed by atoms with Gasteiger partial charge in [-0.1, -0.05) is 39.1 Å². The predicted octanol–water partition coefficient (Wildman–Crippen LogP) is 5.08. The molecule has 0 bridgehead atoms. The summed E-state index contributed by atoms with van der Waals surface area (Å²) in [6.45, 7) is 1.36. The summed E-state index contributed by atoms with van der Waals surface area (Å²) in [4.78, 5) is 24.1. The molecule has 0 aliphatic heterocycles. The molecule has 0 fully saturated rings. The van der Waals surface area contributed by atoms with Gasteiger partial charge in [0.1, 0.15) is 5.82 Å². The van der Waals surface area contributed by atoms with Crippen molar-refractivity contribution in [1.29, 1.82) is 0 Å². The zero-order valence-electron chi connectivity index (χ0n) is 12.3. The van der Waals surface area contributed by atoms with Crippen molar-refractivity contribution in [2.45, 2.75) is 13.0 Å². The molecule has 2 aromatic rings. The molecule has 0 saturated heterocycles. The molecule has 1 unspecified atom stereocenters. The second-order valence-electron chi connectivity index (χ2n) is 4.79. The number of hydrogen-bond donors (Lipinski definition) is 1. The van der Waals surface area contributed by atoms with E-state index in [1.54, 1.807) is 6.07 Å². The Hall–Kier alpha value is -1.63. The maximum atomic E-state index is 13.7. The highest BCUT2D eigenvalue weighted by Crippen LogP contribution is 2.25. The Labute approximate surface area is 156 Å². The van der Waals surface area contributed by atoms with Crippen molar-refractivity contribution in [3.8, 4) is 0 Å². The summed E-state index contributed by atoms with van der Waals surface area (Å²) in [5, 5.41) is 3.17. The SMILES string of the molecule is CC(OC(=O)c1ccc(Br)cc1F)C(=O)Nc1cc(Cl)ccc1Cl. The van der Waals surface area contributed by atoms with Gasteiger partial charge in [0.2, 0.25) is 0 Å². The van der Waals surface area contributed by atoms with Crippen molar-refractivity contribution >= 4 is 56.7 Å². The first-order chi connectivity index (χ1) is 11.3.